The number of carboxylic acid groups (broad SMARTS) is 1. The summed E-state index contributed by atoms with van der Waals surface area (Å²) >= 11 is 0. The zero-order valence-electron chi connectivity index (χ0n) is 10.2. The summed E-state index contributed by atoms with van der Waals surface area (Å²) in [6.07, 6.45) is 1.21. The molecular weight excluding hydrogens is 248 g/mol. The van der Waals surface area contributed by atoms with Gasteiger partial charge in [-0.2, -0.15) is 0 Å². The highest BCUT2D eigenvalue weighted by molar-refractivity contribution is 5.92. The second-order valence-electron chi connectivity index (χ2n) is 3.95. The minimum absolute atomic E-state index is 0.183. The van der Waals surface area contributed by atoms with Gasteiger partial charge in [-0.1, -0.05) is 12.1 Å². The van der Waals surface area contributed by atoms with E-state index in [1.807, 2.05) is 0 Å². The van der Waals surface area contributed by atoms with E-state index in [0.29, 0.717) is 12.2 Å². The maximum atomic E-state index is 11.7. The SMILES string of the molecule is Cc1ncoc1C(=O)NCc1ccc(C(=O)O)cc1. The Bertz CT molecular complexity index is 601. The van der Waals surface area contributed by atoms with Gasteiger partial charge in [-0.3, -0.25) is 4.79 Å². The smallest absolute Gasteiger partial charge is 0.335 e. The Kier molecular flexibility index (Phi) is 3.61. The highest BCUT2D eigenvalue weighted by Crippen LogP contribution is 2.07. The standard InChI is InChI=1S/C13H12N2O4/c1-8-11(19-7-15-8)12(16)14-6-9-2-4-10(5-3-9)13(17)18/h2-5,7H,6H2,1H3,(H,14,16)(H,17,18). The monoisotopic (exact) mass is 260 g/mol. The number of hydrogen-bond donors (Lipinski definition) is 2. The van der Waals surface area contributed by atoms with Crippen molar-refractivity contribution in [2.45, 2.75) is 13.5 Å². The molecule has 2 N–H and O–H groups in total. The van der Waals surface area contributed by atoms with Crippen LogP contribution in [0.15, 0.2) is 35.1 Å². The molecule has 6 heteroatoms. The summed E-state index contributed by atoms with van der Waals surface area (Å²) in [5, 5.41) is 11.4. The van der Waals surface area contributed by atoms with E-state index in [1.54, 1.807) is 19.1 Å². The van der Waals surface area contributed by atoms with Crippen LogP contribution in [0.3, 0.4) is 0 Å². The Balaban J connectivity index is 1.97. The van der Waals surface area contributed by atoms with E-state index in [9.17, 15) is 9.59 Å². The third-order valence-corrected chi connectivity index (χ3v) is 2.61. The molecule has 2 aromatic rings. The number of hydrogen-bond acceptors (Lipinski definition) is 4. The highest BCUT2D eigenvalue weighted by Gasteiger charge is 2.13. The Morgan fingerprint density at radius 1 is 1.32 bits per heavy atom. The number of nitrogens with zero attached hydrogens (tertiary/aromatic N) is 1. The molecule has 0 spiro atoms. The van der Waals surface area contributed by atoms with Crippen LogP contribution >= 0.6 is 0 Å². The topological polar surface area (TPSA) is 92.4 Å². The van der Waals surface area contributed by atoms with E-state index in [0.717, 1.165) is 5.56 Å². The van der Waals surface area contributed by atoms with Gasteiger partial charge in [-0.15, -0.1) is 0 Å². The van der Waals surface area contributed by atoms with E-state index in [2.05, 4.69) is 10.3 Å². The summed E-state index contributed by atoms with van der Waals surface area (Å²) in [7, 11) is 0. The van der Waals surface area contributed by atoms with E-state index in [1.165, 1.54) is 18.5 Å². The van der Waals surface area contributed by atoms with Gasteiger partial charge >= 0.3 is 5.97 Å². The fraction of sp³-hybridized carbons (Fsp3) is 0.154. The summed E-state index contributed by atoms with van der Waals surface area (Å²) in [5.74, 6) is -1.15. The lowest BCUT2D eigenvalue weighted by Crippen LogP contribution is -2.23. The Morgan fingerprint density at radius 2 is 2.00 bits per heavy atom. The number of amides is 1. The number of carbonyl (C=O) groups is 2. The number of aromatic nitrogens is 1. The molecule has 6 nitrogen and oxygen atoms in total. The van der Waals surface area contributed by atoms with Crippen LogP contribution in [0.4, 0.5) is 0 Å². The van der Waals surface area contributed by atoms with Crippen LogP contribution in [0.1, 0.15) is 32.2 Å². The van der Waals surface area contributed by atoms with E-state index in [4.69, 9.17) is 9.52 Å². The van der Waals surface area contributed by atoms with Gasteiger partial charge in [0.15, 0.2) is 6.39 Å². The van der Waals surface area contributed by atoms with Crippen molar-refractivity contribution < 1.29 is 19.1 Å². The van der Waals surface area contributed by atoms with E-state index < -0.39 is 5.97 Å². The molecule has 0 atom stereocenters. The Labute approximate surface area is 109 Å². The average molecular weight is 260 g/mol. The van der Waals surface area contributed by atoms with Crippen molar-refractivity contribution in [1.29, 1.82) is 0 Å². The fourth-order valence-corrected chi connectivity index (χ4v) is 1.55. The minimum Gasteiger partial charge on any atom is -0.478 e. The Morgan fingerprint density at radius 3 is 2.53 bits per heavy atom. The van der Waals surface area contributed by atoms with E-state index >= 15 is 0 Å². The molecule has 0 fully saturated rings. The zero-order valence-corrected chi connectivity index (χ0v) is 10.2. The summed E-state index contributed by atoms with van der Waals surface area (Å²) in [5.41, 5.74) is 1.54. The molecule has 1 amide bonds. The molecule has 0 radical (unpaired) electrons. The number of carbonyl (C=O) groups excluding carboxylic acids is 1. The van der Waals surface area contributed by atoms with Gasteiger partial charge in [0, 0.05) is 6.54 Å². The van der Waals surface area contributed by atoms with Crippen molar-refractivity contribution in [1.82, 2.24) is 10.3 Å². The van der Waals surface area contributed by atoms with Crippen molar-refractivity contribution in [2.24, 2.45) is 0 Å². The first kappa shape index (κ1) is 12.8. The summed E-state index contributed by atoms with van der Waals surface area (Å²) < 4.78 is 4.96. The molecule has 1 aromatic carbocycles. The molecule has 1 heterocycles. The fourth-order valence-electron chi connectivity index (χ4n) is 1.55. The molecular formula is C13H12N2O4. The number of carboxylic acids is 1. The molecule has 0 bridgehead atoms. The summed E-state index contributed by atoms with van der Waals surface area (Å²) in [4.78, 5) is 26.2. The van der Waals surface area contributed by atoms with Crippen molar-refractivity contribution in [3.05, 3.63) is 53.2 Å². The number of oxazole rings is 1. The molecule has 0 aliphatic carbocycles. The molecule has 2 rings (SSSR count). The van der Waals surface area contributed by atoms with Gasteiger partial charge in [0.05, 0.1) is 11.3 Å². The second kappa shape index (κ2) is 5.34. The molecule has 0 aliphatic rings. The first-order chi connectivity index (χ1) is 9.08. The molecule has 19 heavy (non-hydrogen) atoms. The predicted octanol–water partition coefficient (Wildman–Crippen LogP) is 1.61. The third kappa shape index (κ3) is 2.98. The van der Waals surface area contributed by atoms with Gasteiger partial charge in [-0.05, 0) is 24.6 Å². The van der Waals surface area contributed by atoms with E-state index in [-0.39, 0.29) is 17.2 Å². The highest BCUT2D eigenvalue weighted by atomic mass is 16.4. The molecule has 0 saturated heterocycles. The lowest BCUT2D eigenvalue weighted by Gasteiger charge is -2.04. The normalized spacial score (nSPS) is 10.2. The quantitative estimate of drug-likeness (QED) is 0.871. The zero-order chi connectivity index (χ0) is 13.8. The molecule has 98 valence electrons. The molecule has 0 saturated carbocycles. The minimum atomic E-state index is -0.979. The van der Waals surface area contributed by atoms with Gasteiger partial charge in [0.1, 0.15) is 0 Å². The molecule has 1 aromatic heterocycles. The van der Waals surface area contributed by atoms with Crippen LogP contribution in [0, 0.1) is 6.92 Å². The number of nitrogens with one attached hydrogen (secondary N) is 1. The lowest BCUT2D eigenvalue weighted by molar-refractivity contribution is 0.0696. The van der Waals surface area contributed by atoms with Gasteiger partial charge < -0.3 is 14.8 Å². The first-order valence-electron chi connectivity index (χ1n) is 5.58. The number of aromatic carboxylic acids is 1. The van der Waals surface area contributed by atoms with Crippen LogP contribution < -0.4 is 5.32 Å². The summed E-state index contributed by atoms with van der Waals surface area (Å²) in [6.45, 7) is 1.97. The largest absolute Gasteiger partial charge is 0.478 e. The number of aryl methyl sites for hydroxylation is 1. The van der Waals surface area contributed by atoms with Gasteiger partial charge in [-0.25, -0.2) is 9.78 Å². The molecule has 0 aliphatic heterocycles. The van der Waals surface area contributed by atoms with Gasteiger partial charge in [0.2, 0.25) is 5.76 Å². The van der Waals surface area contributed by atoms with Crippen molar-refractivity contribution in [3.63, 3.8) is 0 Å². The lowest BCUT2D eigenvalue weighted by atomic mass is 10.1. The van der Waals surface area contributed by atoms with Crippen LogP contribution in [0.5, 0.6) is 0 Å². The van der Waals surface area contributed by atoms with Crippen molar-refractivity contribution in [2.75, 3.05) is 0 Å². The number of benzene rings is 1. The van der Waals surface area contributed by atoms with Crippen LogP contribution in [0.25, 0.3) is 0 Å². The maximum absolute atomic E-state index is 11.7. The van der Waals surface area contributed by atoms with Crippen molar-refractivity contribution in [3.8, 4) is 0 Å². The second-order valence-corrected chi connectivity index (χ2v) is 3.95. The average Bonchev–Trinajstić information content (AvgIpc) is 2.83. The van der Waals surface area contributed by atoms with Crippen LogP contribution in [0.2, 0.25) is 0 Å². The third-order valence-electron chi connectivity index (χ3n) is 2.61. The van der Waals surface area contributed by atoms with Crippen LogP contribution in [-0.4, -0.2) is 22.0 Å². The summed E-state index contributed by atoms with van der Waals surface area (Å²) in [6, 6.07) is 6.28. The predicted molar refractivity (Wildman–Crippen MR) is 65.8 cm³/mol. The molecule has 0 unspecified atom stereocenters. The Hall–Kier alpha value is -2.63. The first-order valence-corrected chi connectivity index (χ1v) is 5.58. The van der Waals surface area contributed by atoms with Crippen LogP contribution in [-0.2, 0) is 6.54 Å². The van der Waals surface area contributed by atoms with Gasteiger partial charge in [0.25, 0.3) is 5.91 Å². The number of rotatable bonds is 4. The maximum Gasteiger partial charge on any atom is 0.335 e. The van der Waals surface area contributed by atoms with Crippen molar-refractivity contribution >= 4 is 11.9 Å².